The summed E-state index contributed by atoms with van der Waals surface area (Å²) in [5.74, 6) is -0.594. The Balaban J connectivity index is 2.97. The fourth-order valence-electron chi connectivity index (χ4n) is 1.15. The lowest BCUT2D eigenvalue weighted by Gasteiger charge is -2.07. The molecule has 5 heteroatoms. The smallest absolute Gasteiger partial charge is 0.338 e. The Kier molecular flexibility index (Phi) is 4.49. The Labute approximate surface area is 102 Å². The minimum atomic E-state index is -0.401. The van der Waals surface area contributed by atoms with Gasteiger partial charge in [0.1, 0.15) is 0 Å². The van der Waals surface area contributed by atoms with Gasteiger partial charge in [0.25, 0.3) is 0 Å². The third-order valence-electron chi connectivity index (χ3n) is 1.79. The summed E-state index contributed by atoms with van der Waals surface area (Å²) in [6, 6.07) is 4.90. The van der Waals surface area contributed by atoms with E-state index >= 15 is 0 Å². The molecule has 0 saturated carbocycles. The lowest BCUT2D eigenvalue weighted by Crippen LogP contribution is -2.09. The Morgan fingerprint density at radius 1 is 1.44 bits per heavy atom. The molecule has 1 N–H and O–H groups in total. The van der Waals surface area contributed by atoms with Crippen molar-refractivity contribution in [3.05, 3.63) is 28.2 Å². The molecule has 0 aliphatic rings. The van der Waals surface area contributed by atoms with Crippen molar-refractivity contribution < 1.29 is 14.3 Å². The quantitative estimate of drug-likeness (QED) is 0.869. The third-order valence-corrected chi connectivity index (χ3v) is 2.48. The van der Waals surface area contributed by atoms with Crippen LogP contribution in [0.25, 0.3) is 0 Å². The zero-order valence-corrected chi connectivity index (χ0v) is 10.6. The van der Waals surface area contributed by atoms with Gasteiger partial charge in [-0.25, -0.2) is 4.79 Å². The van der Waals surface area contributed by atoms with Gasteiger partial charge in [0.15, 0.2) is 0 Å². The molecule has 0 bridgehead atoms. The maximum absolute atomic E-state index is 11.4. The van der Waals surface area contributed by atoms with Crippen molar-refractivity contribution in [1.82, 2.24) is 0 Å². The summed E-state index contributed by atoms with van der Waals surface area (Å²) >= 11 is 3.28. The van der Waals surface area contributed by atoms with Crippen LogP contribution in [0.3, 0.4) is 0 Å². The van der Waals surface area contributed by atoms with E-state index in [0.717, 1.165) is 4.47 Å². The molecule has 0 heterocycles. The molecule has 0 aromatic heterocycles. The fourth-order valence-corrected chi connectivity index (χ4v) is 1.50. The van der Waals surface area contributed by atoms with E-state index in [1.807, 2.05) is 0 Å². The predicted octanol–water partition coefficient (Wildman–Crippen LogP) is 2.58. The number of carbonyl (C=O) groups excluding carboxylic acids is 2. The highest BCUT2D eigenvalue weighted by Gasteiger charge is 2.09. The van der Waals surface area contributed by atoms with Gasteiger partial charge in [-0.2, -0.15) is 0 Å². The summed E-state index contributed by atoms with van der Waals surface area (Å²) in [4.78, 5) is 22.4. The van der Waals surface area contributed by atoms with Crippen LogP contribution in [0.15, 0.2) is 22.7 Å². The Morgan fingerprint density at radius 3 is 2.69 bits per heavy atom. The van der Waals surface area contributed by atoms with Gasteiger partial charge in [0, 0.05) is 11.4 Å². The van der Waals surface area contributed by atoms with Crippen molar-refractivity contribution in [3.8, 4) is 0 Å². The highest BCUT2D eigenvalue weighted by Crippen LogP contribution is 2.23. The number of esters is 1. The van der Waals surface area contributed by atoms with Gasteiger partial charge < -0.3 is 10.1 Å². The van der Waals surface area contributed by atoms with Crippen LogP contribution >= 0.6 is 15.9 Å². The number of hydrogen-bond acceptors (Lipinski definition) is 3. The van der Waals surface area contributed by atoms with Gasteiger partial charge in [0.2, 0.25) is 5.91 Å². The van der Waals surface area contributed by atoms with E-state index in [9.17, 15) is 9.59 Å². The van der Waals surface area contributed by atoms with Crippen LogP contribution in [0, 0.1) is 0 Å². The average molecular weight is 286 g/mol. The summed E-state index contributed by atoms with van der Waals surface area (Å²) in [7, 11) is 0. The van der Waals surface area contributed by atoms with Gasteiger partial charge in [-0.3, -0.25) is 4.79 Å². The number of nitrogens with one attached hydrogen (secondary N) is 1. The number of amides is 1. The molecule has 86 valence electrons. The van der Waals surface area contributed by atoms with Crippen LogP contribution in [0.2, 0.25) is 0 Å². The van der Waals surface area contributed by atoms with Gasteiger partial charge in [-0.1, -0.05) is 0 Å². The SMILES string of the molecule is CCOC(=O)c1ccc(Br)c(NC(C)=O)c1. The van der Waals surface area contributed by atoms with Crippen molar-refractivity contribution in [2.45, 2.75) is 13.8 Å². The van der Waals surface area contributed by atoms with Crippen LogP contribution < -0.4 is 5.32 Å². The highest BCUT2D eigenvalue weighted by molar-refractivity contribution is 9.10. The standard InChI is InChI=1S/C11H12BrNO3/c1-3-16-11(15)8-4-5-9(12)10(6-8)13-7(2)14/h4-6H,3H2,1-2H3,(H,13,14). The zero-order chi connectivity index (χ0) is 12.1. The van der Waals surface area contributed by atoms with E-state index in [1.54, 1.807) is 25.1 Å². The molecule has 0 aliphatic carbocycles. The van der Waals surface area contributed by atoms with Crippen LogP contribution in [-0.2, 0) is 9.53 Å². The van der Waals surface area contributed by atoms with E-state index in [4.69, 9.17) is 4.74 Å². The summed E-state index contributed by atoms with van der Waals surface area (Å²) in [6.45, 7) is 3.47. The highest BCUT2D eigenvalue weighted by atomic mass is 79.9. The van der Waals surface area contributed by atoms with Crippen molar-refractivity contribution in [2.24, 2.45) is 0 Å². The van der Waals surface area contributed by atoms with Crippen molar-refractivity contribution in [3.63, 3.8) is 0 Å². The third kappa shape index (κ3) is 3.34. The summed E-state index contributed by atoms with van der Waals surface area (Å²) < 4.78 is 5.58. The number of benzene rings is 1. The maximum Gasteiger partial charge on any atom is 0.338 e. The van der Waals surface area contributed by atoms with Crippen molar-refractivity contribution in [2.75, 3.05) is 11.9 Å². The molecule has 0 unspecified atom stereocenters. The van der Waals surface area contributed by atoms with Gasteiger partial charge in [-0.15, -0.1) is 0 Å². The molecule has 0 fully saturated rings. The molecule has 16 heavy (non-hydrogen) atoms. The van der Waals surface area contributed by atoms with Gasteiger partial charge in [-0.05, 0) is 41.1 Å². The van der Waals surface area contributed by atoms with E-state index < -0.39 is 5.97 Å². The first kappa shape index (κ1) is 12.7. The number of hydrogen-bond donors (Lipinski definition) is 1. The van der Waals surface area contributed by atoms with E-state index in [0.29, 0.717) is 17.9 Å². The number of anilines is 1. The van der Waals surface area contributed by atoms with Crippen molar-refractivity contribution in [1.29, 1.82) is 0 Å². The normalized spacial score (nSPS) is 9.69. The van der Waals surface area contributed by atoms with Crippen LogP contribution in [0.4, 0.5) is 5.69 Å². The first-order chi connectivity index (χ1) is 7.54. The molecule has 1 aromatic rings. The maximum atomic E-state index is 11.4. The van der Waals surface area contributed by atoms with E-state index in [-0.39, 0.29) is 5.91 Å². The number of rotatable bonds is 3. The summed E-state index contributed by atoms with van der Waals surface area (Å²) in [5, 5.41) is 2.62. The lowest BCUT2D eigenvalue weighted by atomic mass is 10.2. The molecule has 1 rings (SSSR count). The first-order valence-electron chi connectivity index (χ1n) is 4.79. The van der Waals surface area contributed by atoms with Crippen LogP contribution in [0.5, 0.6) is 0 Å². The molecule has 1 aromatic carbocycles. The minimum Gasteiger partial charge on any atom is -0.462 e. The van der Waals surface area contributed by atoms with Crippen LogP contribution in [-0.4, -0.2) is 18.5 Å². The molecule has 0 radical (unpaired) electrons. The van der Waals surface area contributed by atoms with E-state index in [1.165, 1.54) is 6.92 Å². The molecule has 4 nitrogen and oxygen atoms in total. The second-order valence-corrected chi connectivity index (χ2v) is 3.95. The fraction of sp³-hybridized carbons (Fsp3) is 0.273. The van der Waals surface area contributed by atoms with E-state index in [2.05, 4.69) is 21.2 Å². The molecule has 1 amide bonds. The number of ether oxygens (including phenoxy) is 1. The predicted molar refractivity (Wildman–Crippen MR) is 64.4 cm³/mol. The van der Waals surface area contributed by atoms with Crippen LogP contribution in [0.1, 0.15) is 24.2 Å². The second-order valence-electron chi connectivity index (χ2n) is 3.10. The summed E-state index contributed by atoms with van der Waals surface area (Å²) in [5.41, 5.74) is 0.965. The monoisotopic (exact) mass is 285 g/mol. The molecule has 0 atom stereocenters. The minimum absolute atomic E-state index is 0.193. The number of halogens is 1. The molecular weight excluding hydrogens is 274 g/mol. The second kappa shape index (κ2) is 5.65. The Hall–Kier alpha value is -1.36. The molecule has 0 saturated heterocycles. The average Bonchev–Trinajstić information content (AvgIpc) is 2.21. The molecule has 0 spiro atoms. The van der Waals surface area contributed by atoms with Crippen molar-refractivity contribution >= 4 is 33.5 Å². The Morgan fingerprint density at radius 2 is 2.12 bits per heavy atom. The molecule has 0 aliphatic heterocycles. The Bertz CT molecular complexity index is 418. The first-order valence-corrected chi connectivity index (χ1v) is 5.58. The van der Waals surface area contributed by atoms with Gasteiger partial charge >= 0.3 is 5.97 Å². The molecular formula is C11H12BrNO3. The summed E-state index contributed by atoms with van der Waals surface area (Å²) in [6.07, 6.45) is 0. The number of carbonyl (C=O) groups is 2. The lowest BCUT2D eigenvalue weighted by molar-refractivity contribution is -0.114. The van der Waals surface area contributed by atoms with Gasteiger partial charge in [0.05, 0.1) is 17.9 Å². The topological polar surface area (TPSA) is 55.4 Å². The largest absolute Gasteiger partial charge is 0.462 e. The zero-order valence-electron chi connectivity index (χ0n) is 9.04.